The van der Waals surface area contributed by atoms with Crippen molar-refractivity contribution < 1.29 is 18.7 Å². The van der Waals surface area contributed by atoms with Crippen LogP contribution >= 0.6 is 0 Å². The van der Waals surface area contributed by atoms with E-state index in [1.54, 1.807) is 19.2 Å². The molecule has 1 atom stereocenters. The molecule has 1 aliphatic heterocycles. The fourth-order valence-corrected chi connectivity index (χ4v) is 4.87. The van der Waals surface area contributed by atoms with Crippen molar-refractivity contribution in [3.63, 3.8) is 0 Å². The summed E-state index contributed by atoms with van der Waals surface area (Å²) in [7, 11) is 1.63. The SMILES string of the molecule is COCCCNC(=O)CN1c2ccccc2NC2=C(C(=O)CC(C)(C)C2)[C@H]1c1ccc(F)cc1. The number of fused-ring (bicyclic) bond motifs is 1. The van der Waals surface area contributed by atoms with Crippen molar-refractivity contribution in [3.8, 4) is 0 Å². The second-order valence-electron chi connectivity index (χ2n) is 9.75. The second kappa shape index (κ2) is 9.97. The Morgan fingerprint density at radius 2 is 1.91 bits per heavy atom. The third kappa shape index (κ3) is 5.14. The molecule has 7 heteroatoms. The summed E-state index contributed by atoms with van der Waals surface area (Å²) in [5.74, 6) is -0.444. The Morgan fingerprint density at radius 3 is 2.65 bits per heavy atom. The number of allylic oxidation sites excluding steroid dienone is 1. The Labute approximate surface area is 200 Å². The molecule has 2 aromatic rings. The van der Waals surface area contributed by atoms with Crippen molar-refractivity contribution in [1.29, 1.82) is 0 Å². The minimum Gasteiger partial charge on any atom is -0.385 e. The average molecular weight is 466 g/mol. The first-order valence-corrected chi connectivity index (χ1v) is 11.7. The maximum atomic E-state index is 13.8. The highest BCUT2D eigenvalue weighted by Gasteiger charge is 2.41. The number of benzene rings is 2. The summed E-state index contributed by atoms with van der Waals surface area (Å²) in [6, 6.07) is 13.5. The van der Waals surface area contributed by atoms with E-state index in [2.05, 4.69) is 24.5 Å². The lowest BCUT2D eigenvalue weighted by molar-refractivity contribution is -0.120. The number of para-hydroxylation sites is 2. The van der Waals surface area contributed by atoms with E-state index in [0.717, 1.165) is 22.6 Å². The molecule has 2 aromatic carbocycles. The molecule has 1 aliphatic carbocycles. The maximum Gasteiger partial charge on any atom is 0.239 e. The smallest absolute Gasteiger partial charge is 0.239 e. The van der Waals surface area contributed by atoms with Crippen LogP contribution in [0, 0.1) is 11.2 Å². The number of nitrogens with one attached hydrogen (secondary N) is 2. The lowest BCUT2D eigenvalue weighted by Gasteiger charge is -2.37. The van der Waals surface area contributed by atoms with E-state index in [0.29, 0.717) is 38.0 Å². The van der Waals surface area contributed by atoms with Crippen LogP contribution in [0.3, 0.4) is 0 Å². The molecule has 1 heterocycles. The number of Topliss-reactive ketones (excluding diaryl/α,β-unsaturated/α-hetero) is 1. The zero-order valence-corrected chi connectivity index (χ0v) is 20.0. The molecule has 6 nitrogen and oxygen atoms in total. The van der Waals surface area contributed by atoms with Gasteiger partial charge in [-0.3, -0.25) is 9.59 Å². The number of methoxy groups -OCH3 is 1. The lowest BCUT2D eigenvalue weighted by atomic mass is 9.73. The predicted molar refractivity (Wildman–Crippen MR) is 131 cm³/mol. The molecule has 2 N–H and O–H groups in total. The summed E-state index contributed by atoms with van der Waals surface area (Å²) in [4.78, 5) is 28.5. The molecule has 1 amide bonds. The number of ketones is 1. The molecule has 0 saturated heterocycles. The highest BCUT2D eigenvalue weighted by atomic mass is 19.1. The number of hydrogen-bond acceptors (Lipinski definition) is 5. The van der Waals surface area contributed by atoms with E-state index in [4.69, 9.17) is 4.74 Å². The standard InChI is InChI=1S/C27H32FN3O3/c1-27(2)15-21-25(23(32)16-27)26(18-9-11-19(28)12-10-18)31(17-24(33)29-13-6-14-34-3)22-8-5-4-7-20(22)30-21/h4-5,7-12,26,30H,6,13-17H2,1-3H3,(H,29,33)/t26-/m1/s1. The van der Waals surface area contributed by atoms with Crippen molar-refractivity contribution in [1.82, 2.24) is 5.32 Å². The van der Waals surface area contributed by atoms with Crippen molar-refractivity contribution in [2.24, 2.45) is 5.41 Å². The van der Waals surface area contributed by atoms with Gasteiger partial charge in [-0.15, -0.1) is 0 Å². The van der Waals surface area contributed by atoms with Gasteiger partial charge in [0.2, 0.25) is 5.91 Å². The van der Waals surface area contributed by atoms with Gasteiger partial charge in [0.15, 0.2) is 5.78 Å². The monoisotopic (exact) mass is 465 g/mol. The minimum atomic E-state index is -0.514. The van der Waals surface area contributed by atoms with Gasteiger partial charge in [0.1, 0.15) is 5.82 Å². The van der Waals surface area contributed by atoms with Crippen LogP contribution < -0.4 is 15.5 Å². The quantitative estimate of drug-likeness (QED) is 0.585. The van der Waals surface area contributed by atoms with Crippen LogP contribution in [0.15, 0.2) is 59.8 Å². The highest BCUT2D eigenvalue weighted by Crippen LogP contribution is 2.48. The fraction of sp³-hybridized carbons (Fsp3) is 0.407. The summed E-state index contributed by atoms with van der Waals surface area (Å²) in [6.45, 7) is 5.30. The third-order valence-corrected chi connectivity index (χ3v) is 6.35. The van der Waals surface area contributed by atoms with Crippen LogP contribution in [0.4, 0.5) is 15.8 Å². The Bertz CT molecular complexity index is 1090. The number of halogens is 1. The first-order chi connectivity index (χ1) is 16.3. The minimum absolute atomic E-state index is 0.0476. The van der Waals surface area contributed by atoms with E-state index in [9.17, 15) is 14.0 Å². The number of carbonyl (C=O) groups excluding carboxylic acids is 2. The van der Waals surface area contributed by atoms with E-state index in [-0.39, 0.29) is 29.5 Å². The summed E-state index contributed by atoms with van der Waals surface area (Å²) >= 11 is 0. The van der Waals surface area contributed by atoms with Crippen molar-refractivity contribution in [2.75, 3.05) is 37.0 Å². The van der Waals surface area contributed by atoms with Gasteiger partial charge in [-0.1, -0.05) is 38.1 Å². The average Bonchev–Trinajstić information content (AvgIpc) is 2.91. The van der Waals surface area contributed by atoms with Gasteiger partial charge in [-0.2, -0.15) is 0 Å². The summed E-state index contributed by atoms with van der Waals surface area (Å²) in [6.07, 6.45) is 1.83. The molecule has 0 radical (unpaired) electrons. The zero-order chi connectivity index (χ0) is 24.3. The number of anilines is 2. The molecule has 0 spiro atoms. The molecule has 180 valence electrons. The third-order valence-electron chi connectivity index (χ3n) is 6.35. The van der Waals surface area contributed by atoms with Crippen LogP contribution in [0.5, 0.6) is 0 Å². The van der Waals surface area contributed by atoms with Crippen LogP contribution in [0.2, 0.25) is 0 Å². The van der Waals surface area contributed by atoms with E-state index < -0.39 is 6.04 Å². The summed E-state index contributed by atoms with van der Waals surface area (Å²) in [5.41, 5.74) is 3.77. The number of ether oxygens (including phenoxy) is 1. The summed E-state index contributed by atoms with van der Waals surface area (Å²) in [5, 5.41) is 6.47. The topological polar surface area (TPSA) is 70.7 Å². The van der Waals surface area contributed by atoms with Gasteiger partial charge in [-0.05, 0) is 48.1 Å². The normalized spacial score (nSPS) is 19.1. The van der Waals surface area contributed by atoms with Gasteiger partial charge in [-0.25, -0.2) is 4.39 Å². The zero-order valence-electron chi connectivity index (χ0n) is 20.0. The maximum absolute atomic E-state index is 13.8. The van der Waals surface area contributed by atoms with Gasteiger partial charge >= 0.3 is 0 Å². The van der Waals surface area contributed by atoms with Crippen LogP contribution in [-0.4, -0.2) is 38.5 Å². The van der Waals surface area contributed by atoms with Crippen LogP contribution in [0.25, 0.3) is 0 Å². The number of carbonyl (C=O) groups is 2. The van der Waals surface area contributed by atoms with Crippen molar-refractivity contribution >= 4 is 23.1 Å². The van der Waals surface area contributed by atoms with Gasteiger partial charge in [0, 0.05) is 38.0 Å². The first kappa shape index (κ1) is 24.0. The van der Waals surface area contributed by atoms with Gasteiger partial charge in [0.05, 0.1) is 24.0 Å². The Hall–Kier alpha value is -3.19. The molecule has 0 aromatic heterocycles. The van der Waals surface area contributed by atoms with E-state index in [1.807, 2.05) is 29.2 Å². The predicted octanol–water partition coefficient (Wildman–Crippen LogP) is 4.59. The number of rotatable bonds is 7. The van der Waals surface area contributed by atoms with E-state index >= 15 is 0 Å². The molecule has 0 fully saturated rings. The Morgan fingerprint density at radius 1 is 1.18 bits per heavy atom. The molecule has 0 unspecified atom stereocenters. The largest absolute Gasteiger partial charge is 0.385 e. The van der Waals surface area contributed by atoms with Crippen molar-refractivity contribution in [3.05, 3.63) is 71.2 Å². The summed E-state index contributed by atoms with van der Waals surface area (Å²) < 4.78 is 18.9. The molecular weight excluding hydrogens is 433 g/mol. The number of nitrogens with zero attached hydrogens (tertiary/aromatic N) is 1. The Kier molecular flexibility index (Phi) is 7.03. The molecule has 4 rings (SSSR count). The van der Waals surface area contributed by atoms with E-state index in [1.165, 1.54) is 12.1 Å². The molecule has 2 aliphatic rings. The lowest BCUT2D eigenvalue weighted by Crippen LogP contribution is -2.42. The molecule has 0 saturated carbocycles. The van der Waals surface area contributed by atoms with Crippen LogP contribution in [0.1, 0.15) is 44.7 Å². The fourth-order valence-electron chi connectivity index (χ4n) is 4.87. The Balaban J connectivity index is 1.80. The molecule has 34 heavy (non-hydrogen) atoms. The molecular formula is C27H32FN3O3. The second-order valence-corrected chi connectivity index (χ2v) is 9.75. The van der Waals surface area contributed by atoms with Gasteiger partial charge in [0.25, 0.3) is 0 Å². The number of hydrogen-bond donors (Lipinski definition) is 2. The molecule has 0 bridgehead atoms. The number of amides is 1. The van der Waals surface area contributed by atoms with Gasteiger partial charge < -0.3 is 20.3 Å². The van der Waals surface area contributed by atoms with Crippen LogP contribution in [-0.2, 0) is 14.3 Å². The highest BCUT2D eigenvalue weighted by molar-refractivity contribution is 6.01. The first-order valence-electron chi connectivity index (χ1n) is 11.7. The van der Waals surface area contributed by atoms with Crippen molar-refractivity contribution in [2.45, 2.75) is 39.2 Å².